The van der Waals surface area contributed by atoms with Crippen LogP contribution in [-0.2, 0) is 14.8 Å². The third-order valence-corrected chi connectivity index (χ3v) is 7.07. The first-order valence-electron chi connectivity index (χ1n) is 6.82. The van der Waals surface area contributed by atoms with Gasteiger partial charge in [0.05, 0.1) is 16.1 Å². The Kier molecular flexibility index (Phi) is 5.97. The average molecular weight is 445 g/mol. The fourth-order valence-corrected chi connectivity index (χ4v) is 5.72. The second kappa shape index (κ2) is 7.25. The molecule has 1 fully saturated rings. The summed E-state index contributed by atoms with van der Waals surface area (Å²) < 4.78 is 27.5. The highest BCUT2D eigenvalue weighted by atomic mass is 79.9. The van der Waals surface area contributed by atoms with E-state index in [4.69, 9.17) is 28.9 Å². The summed E-state index contributed by atoms with van der Waals surface area (Å²) in [5.41, 5.74) is 5.28. The van der Waals surface area contributed by atoms with E-state index in [9.17, 15) is 13.2 Å². The van der Waals surface area contributed by atoms with E-state index >= 15 is 0 Å². The lowest BCUT2D eigenvalue weighted by Gasteiger charge is -2.36. The lowest BCUT2D eigenvalue weighted by atomic mass is 10.2. The van der Waals surface area contributed by atoms with Gasteiger partial charge in [-0.3, -0.25) is 9.69 Å². The van der Waals surface area contributed by atoms with Gasteiger partial charge in [-0.05, 0) is 19.1 Å². The van der Waals surface area contributed by atoms with Crippen molar-refractivity contribution < 1.29 is 13.2 Å². The molecule has 2 rings (SSSR count). The molecule has 1 atom stereocenters. The quantitative estimate of drug-likeness (QED) is 0.768. The number of hydrogen-bond donors (Lipinski definition) is 1. The predicted octanol–water partition coefficient (Wildman–Crippen LogP) is 1.94. The Morgan fingerprint density at radius 1 is 1.22 bits per heavy atom. The van der Waals surface area contributed by atoms with Gasteiger partial charge in [-0.25, -0.2) is 8.42 Å². The summed E-state index contributed by atoms with van der Waals surface area (Å²) in [6, 6.07) is 2.55. The molecular formula is C13H16BrCl2N3O3S. The molecule has 1 aromatic rings. The number of halogens is 3. The Balaban J connectivity index is 2.22. The zero-order valence-corrected chi connectivity index (χ0v) is 16.2. The number of rotatable bonds is 4. The molecule has 1 saturated heterocycles. The SMILES string of the molecule is CC(C(N)=O)N1CCN(S(=O)(=O)c2c(Cl)cc(Br)cc2Cl)CC1. The Bertz CT molecular complexity index is 698. The van der Waals surface area contributed by atoms with Crippen LogP contribution in [0.25, 0.3) is 0 Å². The standard InChI is InChI=1S/C13H16BrCl2N3O3S/c1-8(13(17)20)18-2-4-19(5-3-18)23(21,22)12-10(15)6-9(14)7-11(12)16/h6-8H,2-5H2,1H3,(H2,17,20). The predicted molar refractivity (Wildman–Crippen MR) is 93.2 cm³/mol. The zero-order chi connectivity index (χ0) is 17.4. The number of carbonyl (C=O) groups excluding carboxylic acids is 1. The lowest BCUT2D eigenvalue weighted by Crippen LogP contribution is -2.54. The van der Waals surface area contributed by atoms with E-state index in [0.29, 0.717) is 17.6 Å². The van der Waals surface area contributed by atoms with Crippen LogP contribution in [-0.4, -0.2) is 55.8 Å². The highest BCUT2D eigenvalue weighted by Crippen LogP contribution is 2.35. The molecule has 0 aromatic heterocycles. The summed E-state index contributed by atoms with van der Waals surface area (Å²) in [5.74, 6) is -0.430. The van der Waals surface area contributed by atoms with Crippen molar-refractivity contribution in [1.29, 1.82) is 0 Å². The third kappa shape index (κ3) is 4.00. The summed E-state index contributed by atoms with van der Waals surface area (Å²) in [6.07, 6.45) is 0. The number of piperazine rings is 1. The van der Waals surface area contributed by atoms with E-state index < -0.39 is 22.0 Å². The highest BCUT2D eigenvalue weighted by Gasteiger charge is 2.33. The van der Waals surface area contributed by atoms with E-state index in [1.807, 2.05) is 4.90 Å². The number of amides is 1. The Morgan fingerprint density at radius 3 is 2.13 bits per heavy atom. The minimum absolute atomic E-state index is 0.0670. The molecule has 0 bridgehead atoms. The molecule has 0 radical (unpaired) electrons. The Hall–Kier alpha value is -0.380. The molecule has 10 heteroatoms. The van der Waals surface area contributed by atoms with Gasteiger partial charge in [0, 0.05) is 30.7 Å². The molecule has 0 spiro atoms. The lowest BCUT2D eigenvalue weighted by molar-refractivity contribution is -0.123. The molecule has 1 aliphatic rings. The van der Waals surface area contributed by atoms with E-state index in [0.717, 1.165) is 0 Å². The molecule has 0 aliphatic carbocycles. The monoisotopic (exact) mass is 443 g/mol. The van der Waals surface area contributed by atoms with Gasteiger partial charge in [-0.1, -0.05) is 39.1 Å². The molecule has 0 saturated carbocycles. The van der Waals surface area contributed by atoms with Crippen LogP contribution in [0.5, 0.6) is 0 Å². The fourth-order valence-electron chi connectivity index (χ4n) is 2.42. The van der Waals surface area contributed by atoms with E-state index in [1.165, 1.54) is 16.4 Å². The van der Waals surface area contributed by atoms with Gasteiger partial charge in [-0.15, -0.1) is 0 Å². The number of nitrogens with zero attached hydrogens (tertiary/aromatic N) is 2. The summed E-state index contributed by atoms with van der Waals surface area (Å²) >= 11 is 15.4. The van der Waals surface area contributed by atoms with Crippen LogP contribution < -0.4 is 5.73 Å². The molecule has 1 aromatic carbocycles. The summed E-state index contributed by atoms with van der Waals surface area (Å²) in [5, 5.41) is 0.134. The molecule has 1 heterocycles. The van der Waals surface area contributed by atoms with Gasteiger partial charge in [0.2, 0.25) is 15.9 Å². The topological polar surface area (TPSA) is 83.7 Å². The number of sulfonamides is 1. The molecule has 128 valence electrons. The first-order valence-corrected chi connectivity index (χ1v) is 9.81. The normalized spacial score (nSPS) is 18.8. The van der Waals surface area contributed by atoms with Crippen LogP contribution >= 0.6 is 39.1 Å². The Labute approximate surface area is 153 Å². The van der Waals surface area contributed by atoms with Crippen LogP contribution in [0.1, 0.15) is 6.92 Å². The second-order valence-electron chi connectivity index (χ2n) is 5.22. The van der Waals surface area contributed by atoms with Crippen molar-refractivity contribution in [3.8, 4) is 0 Å². The van der Waals surface area contributed by atoms with Crippen LogP contribution in [0.15, 0.2) is 21.5 Å². The molecule has 2 N–H and O–H groups in total. The second-order valence-corrected chi connectivity index (χ2v) is 8.82. The van der Waals surface area contributed by atoms with Crippen molar-refractivity contribution in [3.63, 3.8) is 0 Å². The van der Waals surface area contributed by atoms with Crippen molar-refractivity contribution in [2.45, 2.75) is 17.9 Å². The average Bonchev–Trinajstić information content (AvgIpc) is 2.45. The summed E-state index contributed by atoms with van der Waals surface area (Å²) in [6.45, 7) is 3.00. The largest absolute Gasteiger partial charge is 0.368 e. The fraction of sp³-hybridized carbons (Fsp3) is 0.462. The minimum Gasteiger partial charge on any atom is -0.368 e. The van der Waals surface area contributed by atoms with Crippen LogP contribution in [0.3, 0.4) is 0 Å². The van der Waals surface area contributed by atoms with Crippen molar-refractivity contribution >= 4 is 55.1 Å². The maximum atomic E-state index is 12.8. The number of primary amides is 1. The van der Waals surface area contributed by atoms with Crippen LogP contribution in [0.2, 0.25) is 10.0 Å². The van der Waals surface area contributed by atoms with E-state index in [-0.39, 0.29) is 28.0 Å². The summed E-state index contributed by atoms with van der Waals surface area (Å²) in [7, 11) is -3.80. The van der Waals surface area contributed by atoms with Crippen molar-refractivity contribution in [1.82, 2.24) is 9.21 Å². The number of hydrogen-bond acceptors (Lipinski definition) is 4. The molecule has 1 amide bonds. The highest BCUT2D eigenvalue weighted by molar-refractivity contribution is 9.10. The number of benzene rings is 1. The van der Waals surface area contributed by atoms with Gasteiger partial charge >= 0.3 is 0 Å². The smallest absolute Gasteiger partial charge is 0.246 e. The van der Waals surface area contributed by atoms with Crippen LogP contribution in [0, 0.1) is 0 Å². The Morgan fingerprint density at radius 2 is 1.70 bits per heavy atom. The first kappa shape index (κ1) is 19.0. The van der Waals surface area contributed by atoms with E-state index in [2.05, 4.69) is 15.9 Å². The first-order chi connectivity index (χ1) is 10.6. The number of nitrogens with two attached hydrogens (primary N) is 1. The van der Waals surface area contributed by atoms with Gasteiger partial charge < -0.3 is 5.73 Å². The van der Waals surface area contributed by atoms with Gasteiger partial charge in [0.25, 0.3) is 0 Å². The van der Waals surface area contributed by atoms with Crippen molar-refractivity contribution in [3.05, 3.63) is 26.7 Å². The molecular weight excluding hydrogens is 429 g/mol. The molecule has 1 unspecified atom stereocenters. The van der Waals surface area contributed by atoms with Crippen LogP contribution in [0.4, 0.5) is 0 Å². The maximum absolute atomic E-state index is 12.8. The summed E-state index contributed by atoms with van der Waals surface area (Å²) in [4.78, 5) is 13.0. The minimum atomic E-state index is -3.80. The number of carbonyl (C=O) groups is 1. The zero-order valence-electron chi connectivity index (χ0n) is 12.3. The van der Waals surface area contributed by atoms with Gasteiger partial charge in [0.1, 0.15) is 4.90 Å². The van der Waals surface area contributed by atoms with E-state index in [1.54, 1.807) is 6.92 Å². The third-order valence-electron chi connectivity index (χ3n) is 3.79. The van der Waals surface area contributed by atoms with Gasteiger partial charge in [-0.2, -0.15) is 4.31 Å². The van der Waals surface area contributed by atoms with Crippen molar-refractivity contribution in [2.75, 3.05) is 26.2 Å². The van der Waals surface area contributed by atoms with Gasteiger partial charge in [0.15, 0.2) is 0 Å². The molecule has 1 aliphatic heterocycles. The molecule has 6 nitrogen and oxygen atoms in total. The molecule has 23 heavy (non-hydrogen) atoms. The maximum Gasteiger partial charge on any atom is 0.246 e. The van der Waals surface area contributed by atoms with Crippen molar-refractivity contribution in [2.24, 2.45) is 5.73 Å².